The number of ether oxygens (including phenoxy) is 2. The van der Waals surface area contributed by atoms with Crippen LogP contribution in [0.1, 0.15) is 10.4 Å². The highest BCUT2D eigenvalue weighted by Crippen LogP contribution is 2.38. The Morgan fingerprint density at radius 1 is 1.06 bits per heavy atom. The molecule has 0 aliphatic heterocycles. The minimum Gasteiger partial charge on any atom is -0.497 e. The van der Waals surface area contributed by atoms with E-state index in [4.69, 9.17) is 20.2 Å². The molecular formula is C24H24N6O4S2. The van der Waals surface area contributed by atoms with E-state index in [0.29, 0.717) is 45.2 Å². The first-order valence-electron chi connectivity index (χ1n) is 10.8. The van der Waals surface area contributed by atoms with Gasteiger partial charge in [0.25, 0.3) is 5.91 Å². The molecule has 0 aliphatic rings. The number of carbonyl (C=O) groups is 2. The molecule has 0 aliphatic carbocycles. The van der Waals surface area contributed by atoms with Gasteiger partial charge in [-0.15, -0.1) is 11.3 Å². The summed E-state index contributed by atoms with van der Waals surface area (Å²) in [6, 6.07) is 14.0. The SMILES string of the molecule is COCCNC(=O)Nc1nc(N)c(-c2nc(-c3cccc(NC(=O)c4cccc(OC)c4)c3)cs2)s1. The first-order valence-corrected chi connectivity index (χ1v) is 12.5. The van der Waals surface area contributed by atoms with Crippen molar-refractivity contribution in [3.63, 3.8) is 0 Å². The van der Waals surface area contributed by atoms with Gasteiger partial charge in [-0.1, -0.05) is 29.5 Å². The maximum Gasteiger partial charge on any atom is 0.321 e. The molecule has 0 bridgehead atoms. The number of thiazole rings is 2. The zero-order chi connectivity index (χ0) is 25.5. The van der Waals surface area contributed by atoms with Crippen molar-refractivity contribution in [3.8, 4) is 26.9 Å². The highest BCUT2D eigenvalue weighted by Gasteiger charge is 2.17. The van der Waals surface area contributed by atoms with E-state index in [1.165, 1.54) is 22.7 Å². The van der Waals surface area contributed by atoms with Gasteiger partial charge in [0.2, 0.25) is 0 Å². The Labute approximate surface area is 215 Å². The van der Waals surface area contributed by atoms with E-state index in [-0.39, 0.29) is 17.8 Å². The highest BCUT2D eigenvalue weighted by atomic mass is 32.1. The number of nitrogen functional groups attached to an aromatic ring is 1. The van der Waals surface area contributed by atoms with E-state index in [1.54, 1.807) is 38.5 Å². The Morgan fingerprint density at radius 2 is 1.89 bits per heavy atom. The van der Waals surface area contributed by atoms with Gasteiger partial charge in [-0.05, 0) is 30.3 Å². The van der Waals surface area contributed by atoms with Crippen molar-refractivity contribution in [2.75, 3.05) is 43.7 Å². The van der Waals surface area contributed by atoms with Crippen LogP contribution in [0.15, 0.2) is 53.9 Å². The Morgan fingerprint density at radius 3 is 2.69 bits per heavy atom. The number of anilines is 3. The van der Waals surface area contributed by atoms with E-state index in [9.17, 15) is 9.59 Å². The van der Waals surface area contributed by atoms with Crippen molar-refractivity contribution in [2.24, 2.45) is 0 Å². The second-order valence-corrected chi connectivity index (χ2v) is 9.27. The number of nitrogens with two attached hydrogens (primary N) is 1. The van der Waals surface area contributed by atoms with Crippen molar-refractivity contribution in [2.45, 2.75) is 0 Å². The van der Waals surface area contributed by atoms with E-state index < -0.39 is 0 Å². The Kier molecular flexibility index (Phi) is 8.10. The van der Waals surface area contributed by atoms with E-state index >= 15 is 0 Å². The smallest absolute Gasteiger partial charge is 0.321 e. The van der Waals surface area contributed by atoms with Crippen LogP contribution in [0.3, 0.4) is 0 Å². The molecule has 0 saturated carbocycles. The van der Waals surface area contributed by atoms with E-state index in [0.717, 1.165) is 11.3 Å². The van der Waals surface area contributed by atoms with Gasteiger partial charge >= 0.3 is 6.03 Å². The summed E-state index contributed by atoms with van der Waals surface area (Å²) in [5.74, 6) is 0.653. The highest BCUT2D eigenvalue weighted by molar-refractivity contribution is 7.23. The van der Waals surface area contributed by atoms with Gasteiger partial charge in [0, 0.05) is 35.8 Å². The van der Waals surface area contributed by atoms with Crippen molar-refractivity contribution in [1.29, 1.82) is 0 Å². The molecular weight excluding hydrogens is 500 g/mol. The fourth-order valence-corrected chi connectivity index (χ4v) is 4.99. The molecule has 4 rings (SSSR count). The van der Waals surface area contributed by atoms with Crippen LogP contribution >= 0.6 is 22.7 Å². The van der Waals surface area contributed by atoms with Crippen molar-refractivity contribution < 1.29 is 19.1 Å². The topological polar surface area (TPSA) is 140 Å². The fraction of sp³-hybridized carbons (Fsp3) is 0.167. The van der Waals surface area contributed by atoms with E-state index in [2.05, 4.69) is 20.9 Å². The molecule has 10 nitrogen and oxygen atoms in total. The second kappa shape index (κ2) is 11.6. The largest absolute Gasteiger partial charge is 0.497 e. The van der Waals surface area contributed by atoms with Crippen LogP contribution in [0.25, 0.3) is 21.1 Å². The van der Waals surface area contributed by atoms with Crippen LogP contribution in [0.5, 0.6) is 5.75 Å². The van der Waals surface area contributed by atoms with Crippen LogP contribution in [0.2, 0.25) is 0 Å². The molecule has 2 aromatic heterocycles. The lowest BCUT2D eigenvalue weighted by atomic mass is 10.1. The maximum absolute atomic E-state index is 12.7. The lowest BCUT2D eigenvalue weighted by Gasteiger charge is -2.08. The number of nitrogens with zero attached hydrogens (tertiary/aromatic N) is 2. The Bertz CT molecular complexity index is 1370. The summed E-state index contributed by atoms with van der Waals surface area (Å²) in [5, 5.41) is 11.2. The minimum absolute atomic E-state index is 0.242. The number of benzene rings is 2. The van der Waals surface area contributed by atoms with Gasteiger partial charge in [-0.2, -0.15) is 0 Å². The predicted octanol–water partition coefficient (Wildman–Crippen LogP) is 4.54. The van der Waals surface area contributed by atoms with Gasteiger partial charge in [0.1, 0.15) is 21.5 Å². The summed E-state index contributed by atoms with van der Waals surface area (Å²) in [6.07, 6.45) is 0. The summed E-state index contributed by atoms with van der Waals surface area (Å²) in [4.78, 5) is 34.2. The first-order chi connectivity index (χ1) is 17.5. The normalized spacial score (nSPS) is 10.6. The molecule has 0 unspecified atom stereocenters. The molecule has 12 heteroatoms. The summed E-state index contributed by atoms with van der Waals surface area (Å²) in [7, 11) is 3.12. The van der Waals surface area contributed by atoms with Crippen molar-refractivity contribution >= 4 is 51.2 Å². The monoisotopic (exact) mass is 524 g/mol. The minimum atomic E-state index is -0.389. The molecule has 5 N–H and O–H groups in total. The standard InChI is InChI=1S/C24H24N6O4S2/c1-33-10-9-26-23(32)30-24-29-20(25)19(36-24)22-28-18(13-35-22)14-5-3-7-16(11-14)27-21(31)15-6-4-8-17(12-15)34-2/h3-8,11-13H,9-10,25H2,1-2H3,(H,27,31)(H2,26,29,30,32). The zero-order valence-corrected chi connectivity index (χ0v) is 21.2. The quantitative estimate of drug-likeness (QED) is 0.236. The van der Waals surface area contributed by atoms with E-state index in [1.807, 2.05) is 29.6 Å². The molecule has 36 heavy (non-hydrogen) atoms. The van der Waals surface area contributed by atoms with Gasteiger partial charge in [0.15, 0.2) is 5.13 Å². The average molecular weight is 525 g/mol. The number of methoxy groups -OCH3 is 2. The van der Waals surface area contributed by atoms with Gasteiger partial charge in [0.05, 0.1) is 19.4 Å². The van der Waals surface area contributed by atoms with Crippen LogP contribution in [-0.4, -0.2) is 49.3 Å². The average Bonchev–Trinajstić information content (AvgIpc) is 3.51. The molecule has 2 heterocycles. The molecule has 0 spiro atoms. The van der Waals surface area contributed by atoms with Gasteiger partial charge < -0.3 is 25.8 Å². The second-order valence-electron chi connectivity index (χ2n) is 7.41. The number of aromatic nitrogens is 2. The first kappa shape index (κ1) is 25.1. The van der Waals surface area contributed by atoms with Crippen LogP contribution < -0.4 is 26.4 Å². The Hall–Kier alpha value is -4.00. The number of hydrogen-bond donors (Lipinski definition) is 4. The van der Waals surface area contributed by atoms with Gasteiger partial charge in [-0.3, -0.25) is 10.1 Å². The number of nitrogens with one attached hydrogen (secondary N) is 3. The maximum atomic E-state index is 12.7. The van der Waals surface area contributed by atoms with Crippen LogP contribution in [0.4, 0.5) is 21.4 Å². The van der Waals surface area contributed by atoms with Crippen LogP contribution in [0, 0.1) is 0 Å². The Balaban J connectivity index is 1.46. The summed E-state index contributed by atoms with van der Waals surface area (Å²) >= 11 is 2.66. The van der Waals surface area contributed by atoms with Gasteiger partial charge in [-0.25, -0.2) is 14.8 Å². The van der Waals surface area contributed by atoms with Crippen molar-refractivity contribution in [3.05, 3.63) is 59.5 Å². The number of amides is 3. The molecule has 4 aromatic rings. The number of urea groups is 1. The molecule has 0 saturated heterocycles. The molecule has 2 aromatic carbocycles. The number of rotatable bonds is 9. The third-order valence-corrected chi connectivity index (χ3v) is 6.89. The lowest BCUT2D eigenvalue weighted by Crippen LogP contribution is -2.31. The zero-order valence-electron chi connectivity index (χ0n) is 19.5. The number of carbonyl (C=O) groups excluding carboxylic acids is 2. The number of hydrogen-bond acceptors (Lipinski definition) is 9. The fourth-order valence-electron chi connectivity index (χ4n) is 3.18. The molecule has 0 atom stereocenters. The molecule has 0 radical (unpaired) electrons. The van der Waals surface area contributed by atoms with Crippen LogP contribution in [-0.2, 0) is 4.74 Å². The lowest BCUT2D eigenvalue weighted by molar-refractivity contribution is 0.102. The summed E-state index contributed by atoms with van der Waals surface area (Å²) < 4.78 is 10.1. The third kappa shape index (κ3) is 6.16. The van der Waals surface area contributed by atoms with Crippen molar-refractivity contribution in [1.82, 2.24) is 15.3 Å². The third-order valence-electron chi connectivity index (χ3n) is 4.91. The molecule has 3 amide bonds. The molecule has 186 valence electrons. The summed E-state index contributed by atoms with van der Waals surface area (Å²) in [6.45, 7) is 0.789. The predicted molar refractivity (Wildman–Crippen MR) is 143 cm³/mol. The summed E-state index contributed by atoms with van der Waals surface area (Å²) in [5.41, 5.74) is 8.78. The molecule has 0 fully saturated rings.